The van der Waals surface area contributed by atoms with E-state index >= 15 is 0 Å². The molecule has 1 aliphatic rings. The second kappa shape index (κ2) is 17.0. The molecule has 4 amide bonds. The minimum atomic E-state index is -0.974. The molecular formula is C39H46N6O7. The van der Waals surface area contributed by atoms with Crippen molar-refractivity contribution in [3.63, 3.8) is 0 Å². The molecule has 1 aliphatic heterocycles. The SMILES string of the molecule is COc1ccc(C[C@@H]2NC(=O)c3ccc(OC)c(c3)CCCNC(=O)CN(C(=O)c3ccc4c(=O)n(C)cnc4c3)C[C@H](CC(C)C)NC2=O)cc1. The number of ether oxygens (including phenoxy) is 2. The molecule has 4 aromatic rings. The molecule has 1 aromatic heterocycles. The number of rotatable bonds is 7. The van der Waals surface area contributed by atoms with Gasteiger partial charge in [-0.1, -0.05) is 26.0 Å². The number of hydrogen-bond acceptors (Lipinski definition) is 8. The van der Waals surface area contributed by atoms with E-state index in [1.807, 2.05) is 26.0 Å². The Kier molecular flexibility index (Phi) is 12.3. The molecule has 0 saturated carbocycles. The van der Waals surface area contributed by atoms with Crippen LogP contribution >= 0.6 is 0 Å². The maximum absolute atomic E-state index is 14.2. The number of carbonyl (C=O) groups is 4. The topological polar surface area (TPSA) is 161 Å². The molecule has 3 N–H and O–H groups in total. The Hall–Kier alpha value is -5.72. The van der Waals surface area contributed by atoms with E-state index in [1.54, 1.807) is 63.7 Å². The summed E-state index contributed by atoms with van der Waals surface area (Å²) in [6.07, 6.45) is 3.11. The number of methoxy groups -OCH3 is 2. The molecule has 0 fully saturated rings. The molecule has 52 heavy (non-hydrogen) atoms. The Balaban J connectivity index is 1.51. The van der Waals surface area contributed by atoms with Gasteiger partial charge in [0.25, 0.3) is 17.4 Å². The molecule has 274 valence electrons. The first kappa shape index (κ1) is 37.5. The number of nitrogens with zero attached hydrogens (tertiary/aromatic N) is 3. The van der Waals surface area contributed by atoms with Crippen LogP contribution in [0.1, 0.15) is 58.5 Å². The van der Waals surface area contributed by atoms with E-state index in [1.165, 1.54) is 21.9 Å². The van der Waals surface area contributed by atoms with Crippen LogP contribution in [0.3, 0.4) is 0 Å². The van der Waals surface area contributed by atoms with Crippen molar-refractivity contribution in [1.29, 1.82) is 0 Å². The van der Waals surface area contributed by atoms with Crippen molar-refractivity contribution >= 4 is 34.5 Å². The van der Waals surface area contributed by atoms with Gasteiger partial charge in [-0.05, 0) is 84.8 Å². The highest BCUT2D eigenvalue weighted by Crippen LogP contribution is 2.22. The lowest BCUT2D eigenvalue weighted by atomic mass is 10.00. The molecule has 2 bridgehead atoms. The van der Waals surface area contributed by atoms with Gasteiger partial charge in [-0.15, -0.1) is 0 Å². The van der Waals surface area contributed by atoms with Crippen molar-refractivity contribution in [3.8, 4) is 11.5 Å². The van der Waals surface area contributed by atoms with Crippen LogP contribution in [-0.2, 0) is 29.5 Å². The molecule has 13 nitrogen and oxygen atoms in total. The summed E-state index contributed by atoms with van der Waals surface area (Å²) in [5.74, 6) is -0.308. The highest BCUT2D eigenvalue weighted by Gasteiger charge is 2.29. The van der Waals surface area contributed by atoms with Gasteiger partial charge in [0, 0.05) is 43.7 Å². The second-order valence-electron chi connectivity index (χ2n) is 13.5. The maximum Gasteiger partial charge on any atom is 0.260 e. The summed E-state index contributed by atoms with van der Waals surface area (Å²) in [5.41, 5.74) is 2.30. The highest BCUT2D eigenvalue weighted by molar-refractivity contribution is 6.00. The van der Waals surface area contributed by atoms with E-state index in [0.29, 0.717) is 53.8 Å². The zero-order valence-electron chi connectivity index (χ0n) is 30.2. The highest BCUT2D eigenvalue weighted by atomic mass is 16.5. The van der Waals surface area contributed by atoms with Gasteiger partial charge >= 0.3 is 0 Å². The molecule has 13 heteroatoms. The van der Waals surface area contributed by atoms with Gasteiger partial charge in [0.05, 0.1) is 38.0 Å². The first-order valence-corrected chi connectivity index (χ1v) is 17.4. The number of hydrogen-bond donors (Lipinski definition) is 3. The number of aryl methyl sites for hydroxylation is 2. The minimum absolute atomic E-state index is 0.0133. The fraction of sp³-hybridized carbons (Fsp3) is 0.385. The summed E-state index contributed by atoms with van der Waals surface area (Å²) in [4.78, 5) is 73.8. The zero-order chi connectivity index (χ0) is 37.4. The summed E-state index contributed by atoms with van der Waals surface area (Å²) < 4.78 is 12.2. The third-order valence-corrected chi connectivity index (χ3v) is 9.04. The van der Waals surface area contributed by atoms with Gasteiger partial charge in [0.15, 0.2) is 0 Å². The lowest BCUT2D eigenvalue weighted by Crippen LogP contribution is -2.54. The van der Waals surface area contributed by atoms with Crippen LogP contribution in [0, 0.1) is 5.92 Å². The predicted octanol–water partition coefficient (Wildman–Crippen LogP) is 3.03. The molecule has 2 heterocycles. The molecule has 3 aromatic carbocycles. The maximum atomic E-state index is 14.2. The number of fused-ring (bicyclic) bond motifs is 3. The molecule has 0 unspecified atom stereocenters. The number of nitrogens with one attached hydrogen (secondary N) is 3. The molecule has 5 rings (SSSR count). The summed E-state index contributed by atoms with van der Waals surface area (Å²) in [6.45, 7) is 4.07. The van der Waals surface area contributed by atoms with Crippen LogP contribution < -0.4 is 31.0 Å². The van der Waals surface area contributed by atoms with E-state index in [4.69, 9.17) is 9.47 Å². The normalized spacial score (nSPS) is 17.6. The zero-order valence-corrected chi connectivity index (χ0v) is 30.2. The standard InChI is InChI=1S/C39H46N6O7/c1-24(2)17-29-21-45(38(49)28-10-14-31-32(20-28)41-23-44(3)39(31)50)22-35(46)40-16-6-7-26-19-27(11-15-34(26)52-5)36(47)43-33(37(48)42-29)18-25-8-12-30(51-4)13-9-25/h8-15,19-20,23-24,29,33H,6-7,16-18,21-22H2,1-5H3,(H,40,46)(H,42,48)(H,43,47)/t29-,33-/m0/s1. The van der Waals surface area contributed by atoms with E-state index < -0.39 is 29.8 Å². The fourth-order valence-corrected chi connectivity index (χ4v) is 6.36. The summed E-state index contributed by atoms with van der Waals surface area (Å²) in [7, 11) is 4.72. The Morgan fingerprint density at radius 2 is 1.73 bits per heavy atom. The molecule has 0 saturated heterocycles. The van der Waals surface area contributed by atoms with Crippen molar-refractivity contribution in [2.45, 2.75) is 51.6 Å². The van der Waals surface area contributed by atoms with Crippen molar-refractivity contribution in [1.82, 2.24) is 30.4 Å². The third-order valence-electron chi connectivity index (χ3n) is 9.04. The second-order valence-corrected chi connectivity index (χ2v) is 13.5. The quantitative estimate of drug-likeness (QED) is 0.264. The van der Waals surface area contributed by atoms with Gasteiger partial charge in [-0.2, -0.15) is 0 Å². The predicted molar refractivity (Wildman–Crippen MR) is 197 cm³/mol. The number of benzene rings is 3. The van der Waals surface area contributed by atoms with E-state index in [2.05, 4.69) is 20.9 Å². The summed E-state index contributed by atoms with van der Waals surface area (Å²) >= 11 is 0. The van der Waals surface area contributed by atoms with Crippen LogP contribution in [0.2, 0.25) is 0 Å². The smallest absolute Gasteiger partial charge is 0.260 e. The Bertz CT molecular complexity index is 1990. The average Bonchev–Trinajstić information content (AvgIpc) is 3.13. The number of carbonyl (C=O) groups excluding carboxylic acids is 4. The monoisotopic (exact) mass is 710 g/mol. The largest absolute Gasteiger partial charge is 0.497 e. The van der Waals surface area contributed by atoms with E-state index in [0.717, 1.165) is 11.1 Å². The van der Waals surface area contributed by atoms with E-state index in [-0.39, 0.29) is 42.5 Å². The minimum Gasteiger partial charge on any atom is -0.497 e. The van der Waals surface area contributed by atoms with E-state index in [9.17, 15) is 24.0 Å². The van der Waals surface area contributed by atoms with Crippen LogP contribution in [0.4, 0.5) is 0 Å². The van der Waals surface area contributed by atoms with Crippen molar-refractivity contribution in [3.05, 3.63) is 99.6 Å². The number of amides is 4. The van der Waals surface area contributed by atoms with Crippen molar-refractivity contribution < 1.29 is 28.7 Å². The average molecular weight is 711 g/mol. The Labute approximate surface area is 302 Å². The Morgan fingerprint density at radius 1 is 0.962 bits per heavy atom. The number of aromatic nitrogens is 2. The first-order valence-electron chi connectivity index (χ1n) is 17.4. The van der Waals surface area contributed by atoms with Gasteiger partial charge in [0.2, 0.25) is 11.8 Å². The lowest BCUT2D eigenvalue weighted by molar-refractivity contribution is -0.123. The van der Waals surface area contributed by atoms with Gasteiger partial charge in [-0.3, -0.25) is 24.0 Å². The van der Waals surface area contributed by atoms with Crippen LogP contribution in [0.25, 0.3) is 10.9 Å². The molecule has 0 spiro atoms. The molecule has 0 aliphatic carbocycles. The van der Waals surface area contributed by atoms with Gasteiger partial charge < -0.3 is 34.9 Å². The van der Waals surface area contributed by atoms with Crippen molar-refractivity contribution in [2.24, 2.45) is 13.0 Å². The molecule has 2 atom stereocenters. The van der Waals surface area contributed by atoms with Crippen LogP contribution in [-0.4, -0.2) is 84.0 Å². The third kappa shape index (κ3) is 9.33. The summed E-state index contributed by atoms with van der Waals surface area (Å²) in [6, 6.07) is 15.5. The fourth-order valence-electron chi connectivity index (χ4n) is 6.36. The van der Waals surface area contributed by atoms with Gasteiger partial charge in [0.1, 0.15) is 17.5 Å². The Morgan fingerprint density at radius 3 is 2.44 bits per heavy atom. The first-order chi connectivity index (χ1) is 24.9. The lowest BCUT2D eigenvalue weighted by Gasteiger charge is -2.30. The summed E-state index contributed by atoms with van der Waals surface area (Å²) in [5, 5.41) is 9.31. The molecular weight excluding hydrogens is 664 g/mol. The van der Waals surface area contributed by atoms with Gasteiger partial charge in [-0.25, -0.2) is 4.98 Å². The van der Waals surface area contributed by atoms with Crippen LogP contribution in [0.15, 0.2) is 71.8 Å². The van der Waals surface area contributed by atoms with Crippen LogP contribution in [0.5, 0.6) is 11.5 Å². The molecule has 0 radical (unpaired) electrons. The van der Waals surface area contributed by atoms with Crippen molar-refractivity contribution in [2.75, 3.05) is 33.9 Å².